The summed E-state index contributed by atoms with van der Waals surface area (Å²) in [6.07, 6.45) is 1.23. The zero-order chi connectivity index (χ0) is 9.26. The van der Waals surface area contributed by atoms with Crippen LogP contribution in [0.5, 0.6) is 0 Å². The van der Waals surface area contributed by atoms with Crippen molar-refractivity contribution in [3.63, 3.8) is 0 Å². The van der Waals surface area contributed by atoms with E-state index in [2.05, 4.69) is 52.6 Å². The van der Waals surface area contributed by atoms with Crippen LogP contribution in [0.4, 0.5) is 5.69 Å². The highest BCUT2D eigenvalue weighted by molar-refractivity contribution is 14.1. The number of aryl methyl sites for hydroxylation is 1. The number of nitrogens with zero attached hydrogens (tertiary/aromatic N) is 1. The summed E-state index contributed by atoms with van der Waals surface area (Å²) in [6.45, 7) is 4.57. The maximum atomic E-state index is 2.49. The Hall–Kier alpha value is -0.250. The van der Waals surface area contributed by atoms with Crippen LogP contribution < -0.4 is 4.90 Å². The van der Waals surface area contributed by atoms with Gasteiger partial charge in [0.2, 0.25) is 0 Å². The molecule has 1 aliphatic heterocycles. The van der Waals surface area contributed by atoms with Crippen LogP contribution in [0.25, 0.3) is 0 Å². The van der Waals surface area contributed by atoms with Crippen molar-refractivity contribution >= 4 is 28.3 Å². The van der Waals surface area contributed by atoms with E-state index in [1.54, 1.807) is 0 Å². The molecule has 70 valence electrons. The summed E-state index contributed by atoms with van der Waals surface area (Å²) in [5.41, 5.74) is 4.37. The molecular formula is C11H14IN. The second-order valence-corrected chi connectivity index (χ2v) is 4.64. The third kappa shape index (κ3) is 1.82. The van der Waals surface area contributed by atoms with Crippen molar-refractivity contribution in [2.75, 3.05) is 22.4 Å². The van der Waals surface area contributed by atoms with Crippen molar-refractivity contribution in [2.24, 2.45) is 0 Å². The molecule has 0 radical (unpaired) electrons. The monoisotopic (exact) mass is 287 g/mol. The van der Waals surface area contributed by atoms with E-state index in [1.165, 1.54) is 40.8 Å². The van der Waals surface area contributed by atoms with Gasteiger partial charge in [0.15, 0.2) is 0 Å². The molecule has 1 aromatic rings. The Kier molecular flexibility index (Phi) is 2.77. The molecule has 1 aliphatic rings. The van der Waals surface area contributed by atoms with Crippen LogP contribution in [0, 0.1) is 6.92 Å². The summed E-state index contributed by atoms with van der Waals surface area (Å²) in [4.78, 5) is 2.49. The van der Waals surface area contributed by atoms with Gasteiger partial charge in [-0.1, -0.05) is 34.7 Å². The van der Waals surface area contributed by atoms with Crippen LogP contribution in [0.3, 0.4) is 0 Å². The fraction of sp³-hybridized carbons (Fsp3) is 0.455. The fourth-order valence-corrected chi connectivity index (χ4v) is 2.47. The van der Waals surface area contributed by atoms with E-state index in [1.807, 2.05) is 0 Å². The quantitative estimate of drug-likeness (QED) is 0.597. The molecular weight excluding hydrogens is 273 g/mol. The van der Waals surface area contributed by atoms with E-state index in [0.29, 0.717) is 0 Å². The predicted molar refractivity (Wildman–Crippen MR) is 66.0 cm³/mol. The van der Waals surface area contributed by atoms with Crippen molar-refractivity contribution < 1.29 is 0 Å². The molecule has 0 N–H and O–H groups in total. The maximum absolute atomic E-state index is 2.49. The number of benzene rings is 1. The normalized spacial score (nSPS) is 14.8. The van der Waals surface area contributed by atoms with Crippen LogP contribution in [0.1, 0.15) is 11.1 Å². The van der Waals surface area contributed by atoms with Crippen LogP contribution >= 0.6 is 22.6 Å². The lowest BCUT2D eigenvalue weighted by Crippen LogP contribution is -2.22. The summed E-state index contributed by atoms with van der Waals surface area (Å²) >= 11 is 2.44. The minimum Gasteiger partial charge on any atom is -0.370 e. The lowest BCUT2D eigenvalue weighted by atomic mass is 10.1. The summed E-state index contributed by atoms with van der Waals surface area (Å²) in [5.74, 6) is 0. The van der Waals surface area contributed by atoms with Crippen molar-refractivity contribution in [2.45, 2.75) is 13.3 Å². The topological polar surface area (TPSA) is 3.24 Å². The van der Waals surface area contributed by atoms with E-state index < -0.39 is 0 Å². The van der Waals surface area contributed by atoms with Gasteiger partial charge in [-0.15, -0.1) is 0 Å². The van der Waals surface area contributed by atoms with Gasteiger partial charge in [0.05, 0.1) is 0 Å². The Labute approximate surface area is 93.3 Å². The van der Waals surface area contributed by atoms with Crippen molar-refractivity contribution in [3.05, 3.63) is 29.3 Å². The molecule has 2 heteroatoms. The molecule has 1 nitrogen and oxygen atoms in total. The Bertz CT molecular complexity index is 307. The minimum atomic E-state index is 1.19. The summed E-state index contributed by atoms with van der Waals surface area (Å²) in [5, 5.41) is 0. The number of alkyl halides is 1. The summed E-state index contributed by atoms with van der Waals surface area (Å²) < 4.78 is 1.21. The van der Waals surface area contributed by atoms with Crippen LogP contribution in [0.2, 0.25) is 0 Å². The number of hydrogen-bond donors (Lipinski definition) is 0. The smallest absolute Gasteiger partial charge is 0.0402 e. The Morgan fingerprint density at radius 2 is 2.31 bits per heavy atom. The van der Waals surface area contributed by atoms with Gasteiger partial charge in [0, 0.05) is 23.2 Å². The molecule has 2 rings (SSSR count). The van der Waals surface area contributed by atoms with Crippen molar-refractivity contribution in [3.8, 4) is 0 Å². The predicted octanol–water partition coefficient (Wildman–Crippen LogP) is 2.79. The number of anilines is 1. The average Bonchev–Trinajstić information content (AvgIpc) is 2.49. The molecule has 13 heavy (non-hydrogen) atoms. The zero-order valence-corrected chi connectivity index (χ0v) is 10.0. The summed E-state index contributed by atoms with van der Waals surface area (Å²) in [7, 11) is 0. The first-order chi connectivity index (χ1) is 6.31. The molecule has 1 heterocycles. The van der Waals surface area contributed by atoms with E-state index in [4.69, 9.17) is 0 Å². The second-order valence-electron chi connectivity index (χ2n) is 3.56. The average molecular weight is 287 g/mol. The van der Waals surface area contributed by atoms with Gasteiger partial charge < -0.3 is 4.90 Å². The van der Waals surface area contributed by atoms with Crippen LogP contribution in [-0.2, 0) is 6.42 Å². The van der Waals surface area contributed by atoms with Gasteiger partial charge in [-0.3, -0.25) is 0 Å². The van der Waals surface area contributed by atoms with E-state index in [-0.39, 0.29) is 0 Å². The number of fused-ring (bicyclic) bond motifs is 1. The standard InChI is InChI=1S/C11H14IN/c1-9-2-3-10-4-6-13(7-5-12)11(10)8-9/h2-3,8H,4-7H2,1H3. The Morgan fingerprint density at radius 3 is 3.08 bits per heavy atom. The lowest BCUT2D eigenvalue weighted by molar-refractivity contribution is 0.879. The van der Waals surface area contributed by atoms with Crippen molar-refractivity contribution in [1.29, 1.82) is 0 Å². The highest BCUT2D eigenvalue weighted by atomic mass is 127. The molecule has 0 atom stereocenters. The SMILES string of the molecule is Cc1ccc2c(c1)N(CCI)CC2. The minimum absolute atomic E-state index is 1.19. The maximum Gasteiger partial charge on any atom is 0.0402 e. The largest absolute Gasteiger partial charge is 0.370 e. The first-order valence-electron chi connectivity index (χ1n) is 4.71. The second kappa shape index (κ2) is 3.86. The number of rotatable bonds is 2. The summed E-state index contributed by atoms with van der Waals surface area (Å²) in [6, 6.07) is 6.80. The van der Waals surface area contributed by atoms with Crippen molar-refractivity contribution in [1.82, 2.24) is 0 Å². The van der Waals surface area contributed by atoms with Gasteiger partial charge in [0.1, 0.15) is 0 Å². The molecule has 0 unspecified atom stereocenters. The molecule has 0 saturated heterocycles. The first-order valence-corrected chi connectivity index (χ1v) is 6.24. The Balaban J connectivity index is 2.29. The molecule has 1 aromatic carbocycles. The molecule has 0 amide bonds. The van der Waals surface area contributed by atoms with Gasteiger partial charge >= 0.3 is 0 Å². The molecule has 0 saturated carbocycles. The Morgan fingerprint density at radius 1 is 1.46 bits per heavy atom. The van der Waals surface area contributed by atoms with E-state index in [9.17, 15) is 0 Å². The first kappa shape index (κ1) is 9.31. The highest BCUT2D eigenvalue weighted by Gasteiger charge is 2.17. The highest BCUT2D eigenvalue weighted by Crippen LogP contribution is 2.28. The van der Waals surface area contributed by atoms with Gasteiger partial charge in [-0.2, -0.15) is 0 Å². The fourth-order valence-electron chi connectivity index (χ4n) is 1.89. The zero-order valence-electron chi connectivity index (χ0n) is 7.89. The molecule has 0 bridgehead atoms. The van der Waals surface area contributed by atoms with Gasteiger partial charge in [-0.05, 0) is 30.5 Å². The molecule has 0 spiro atoms. The third-order valence-corrected chi connectivity index (χ3v) is 3.07. The van der Waals surface area contributed by atoms with Crippen LogP contribution in [0.15, 0.2) is 18.2 Å². The number of halogens is 1. The molecule has 0 aromatic heterocycles. The molecule has 0 fully saturated rings. The van der Waals surface area contributed by atoms with Crippen LogP contribution in [-0.4, -0.2) is 17.5 Å². The number of hydrogen-bond acceptors (Lipinski definition) is 1. The van der Waals surface area contributed by atoms with Gasteiger partial charge in [-0.25, -0.2) is 0 Å². The molecule has 0 aliphatic carbocycles. The van der Waals surface area contributed by atoms with Gasteiger partial charge in [0.25, 0.3) is 0 Å². The van der Waals surface area contributed by atoms with E-state index >= 15 is 0 Å². The lowest BCUT2D eigenvalue weighted by Gasteiger charge is -2.17. The third-order valence-electron chi connectivity index (χ3n) is 2.59. The van der Waals surface area contributed by atoms with E-state index in [0.717, 1.165) is 0 Å².